The molecule has 0 unspecified atom stereocenters. The lowest BCUT2D eigenvalue weighted by molar-refractivity contribution is 0.0846. The van der Waals surface area contributed by atoms with Crippen LogP contribution in [0.3, 0.4) is 0 Å². The Hall–Kier alpha value is -3.63. The fourth-order valence-electron chi connectivity index (χ4n) is 2.99. The van der Waals surface area contributed by atoms with Crippen LogP contribution in [0.25, 0.3) is 10.8 Å². The van der Waals surface area contributed by atoms with Crippen molar-refractivity contribution in [3.8, 4) is 0 Å². The van der Waals surface area contributed by atoms with Crippen LogP contribution in [0.1, 0.15) is 26.5 Å². The van der Waals surface area contributed by atoms with Gasteiger partial charge in [-0.05, 0) is 47.3 Å². The number of anilines is 1. The highest BCUT2D eigenvalue weighted by Crippen LogP contribution is 2.27. The lowest BCUT2D eigenvalue weighted by Crippen LogP contribution is -2.42. The first-order valence-corrected chi connectivity index (χ1v) is 11.5. The van der Waals surface area contributed by atoms with Gasteiger partial charge in [-0.3, -0.25) is 25.2 Å². The molecular formula is C21H17N3O5S2. The van der Waals surface area contributed by atoms with Crippen molar-refractivity contribution in [2.24, 2.45) is 0 Å². The topological polar surface area (TPSA) is 118 Å². The predicted molar refractivity (Wildman–Crippen MR) is 117 cm³/mol. The molecule has 0 bridgehead atoms. The zero-order valence-corrected chi connectivity index (χ0v) is 17.8. The number of aryl methyl sites for hydroxylation is 1. The second-order valence-electron chi connectivity index (χ2n) is 6.58. The molecule has 8 nitrogen and oxygen atoms in total. The van der Waals surface area contributed by atoms with Crippen LogP contribution in [0.2, 0.25) is 0 Å². The molecule has 4 aromatic rings. The Labute approximate surface area is 181 Å². The van der Waals surface area contributed by atoms with E-state index in [0.717, 1.165) is 22.1 Å². The Morgan fingerprint density at radius 1 is 0.903 bits per heavy atom. The summed E-state index contributed by atoms with van der Waals surface area (Å²) in [7, 11) is -3.88. The van der Waals surface area contributed by atoms with Gasteiger partial charge in [-0.25, -0.2) is 8.42 Å². The molecule has 31 heavy (non-hydrogen) atoms. The Morgan fingerprint density at radius 3 is 2.19 bits per heavy atom. The molecule has 2 aromatic heterocycles. The number of hydrogen-bond acceptors (Lipinski definition) is 6. The van der Waals surface area contributed by atoms with Crippen molar-refractivity contribution < 1.29 is 22.4 Å². The molecule has 3 N–H and O–H groups in total. The molecule has 158 valence electrons. The second kappa shape index (κ2) is 8.25. The lowest BCUT2D eigenvalue weighted by Gasteiger charge is -2.14. The number of fused-ring (bicyclic) bond motifs is 1. The first kappa shape index (κ1) is 20.6. The summed E-state index contributed by atoms with van der Waals surface area (Å²) in [6.07, 6.45) is 1.37. The quantitative estimate of drug-likeness (QED) is 0.397. The van der Waals surface area contributed by atoms with E-state index in [1.807, 2.05) is 18.2 Å². The summed E-state index contributed by atoms with van der Waals surface area (Å²) in [5, 5.41) is 3.14. The average Bonchev–Trinajstić information content (AvgIpc) is 3.43. The summed E-state index contributed by atoms with van der Waals surface area (Å²) in [6, 6.07) is 15.0. The third-order valence-electron chi connectivity index (χ3n) is 4.53. The Morgan fingerprint density at radius 2 is 1.58 bits per heavy atom. The van der Waals surface area contributed by atoms with E-state index in [2.05, 4.69) is 15.6 Å². The third kappa shape index (κ3) is 4.30. The number of sulfonamides is 1. The van der Waals surface area contributed by atoms with Crippen molar-refractivity contribution in [2.75, 3.05) is 4.72 Å². The number of amides is 2. The number of hydrogen-bond donors (Lipinski definition) is 3. The summed E-state index contributed by atoms with van der Waals surface area (Å²) in [6.45, 7) is 1.62. The fraction of sp³-hybridized carbons (Fsp3) is 0.0476. The minimum Gasteiger partial charge on any atom is -0.469 e. The summed E-state index contributed by atoms with van der Waals surface area (Å²) >= 11 is 1.06. The largest absolute Gasteiger partial charge is 0.469 e. The van der Waals surface area contributed by atoms with Crippen molar-refractivity contribution >= 4 is 49.6 Å². The monoisotopic (exact) mass is 455 g/mol. The van der Waals surface area contributed by atoms with Gasteiger partial charge in [0.25, 0.3) is 21.8 Å². The maximum atomic E-state index is 12.9. The van der Waals surface area contributed by atoms with Crippen LogP contribution in [0.5, 0.6) is 0 Å². The molecule has 0 spiro atoms. The maximum Gasteiger partial charge on any atom is 0.273 e. The van der Waals surface area contributed by atoms with Crippen LogP contribution in [0, 0.1) is 6.92 Å². The van der Waals surface area contributed by atoms with Gasteiger partial charge in [-0.1, -0.05) is 30.3 Å². The van der Waals surface area contributed by atoms with Gasteiger partial charge in [0.15, 0.2) is 0 Å². The summed E-state index contributed by atoms with van der Waals surface area (Å²) < 4.78 is 33.1. The lowest BCUT2D eigenvalue weighted by atomic mass is 10.0. The van der Waals surface area contributed by atoms with Gasteiger partial charge >= 0.3 is 0 Å². The fourth-order valence-corrected chi connectivity index (χ4v) is 5.06. The van der Waals surface area contributed by atoms with Crippen LogP contribution in [-0.2, 0) is 10.0 Å². The van der Waals surface area contributed by atoms with Crippen LogP contribution in [-0.4, -0.2) is 20.2 Å². The molecule has 2 heterocycles. The molecule has 0 aliphatic rings. The molecular weight excluding hydrogens is 438 g/mol. The van der Waals surface area contributed by atoms with Gasteiger partial charge in [0.05, 0.1) is 23.1 Å². The van der Waals surface area contributed by atoms with Gasteiger partial charge in [-0.15, -0.1) is 11.3 Å². The Balaban J connectivity index is 1.65. The van der Waals surface area contributed by atoms with E-state index in [1.54, 1.807) is 36.6 Å². The second-order valence-corrected chi connectivity index (χ2v) is 9.44. The van der Waals surface area contributed by atoms with Gasteiger partial charge in [0.2, 0.25) is 0 Å². The molecule has 0 atom stereocenters. The highest BCUT2D eigenvalue weighted by molar-refractivity contribution is 7.94. The van der Waals surface area contributed by atoms with E-state index < -0.39 is 21.8 Å². The minimum absolute atomic E-state index is 0.0584. The molecule has 0 aliphatic carbocycles. The van der Waals surface area contributed by atoms with Crippen molar-refractivity contribution in [1.29, 1.82) is 0 Å². The molecule has 4 rings (SSSR count). The van der Waals surface area contributed by atoms with Crippen LogP contribution in [0.4, 0.5) is 5.69 Å². The smallest absolute Gasteiger partial charge is 0.273 e. The standard InChI is InChI=1S/C21H17N3O5S2/c1-13-16(8-9-29-13)20(25)22-23-21(26)17-11-14-5-2-3-6-15(14)12-18(17)24-31(27,28)19-7-4-10-30-19/h2-12,24H,1H3,(H,22,25)(H,23,26). The summed E-state index contributed by atoms with van der Waals surface area (Å²) in [5.74, 6) is -0.827. The summed E-state index contributed by atoms with van der Waals surface area (Å²) in [4.78, 5) is 25.1. The molecule has 2 amide bonds. The van der Waals surface area contributed by atoms with Crippen molar-refractivity contribution in [3.05, 3.63) is 83.1 Å². The van der Waals surface area contributed by atoms with E-state index in [0.29, 0.717) is 5.76 Å². The van der Waals surface area contributed by atoms with Gasteiger partial charge in [0.1, 0.15) is 9.97 Å². The molecule has 10 heteroatoms. The van der Waals surface area contributed by atoms with Crippen LogP contribution in [0.15, 0.2) is 74.9 Å². The number of rotatable bonds is 5. The number of hydrazine groups is 1. The maximum absolute atomic E-state index is 12.9. The number of carbonyl (C=O) groups excluding carboxylic acids is 2. The van der Waals surface area contributed by atoms with E-state index >= 15 is 0 Å². The van der Waals surface area contributed by atoms with Gasteiger partial charge in [-0.2, -0.15) is 0 Å². The van der Waals surface area contributed by atoms with Crippen molar-refractivity contribution in [1.82, 2.24) is 10.9 Å². The van der Waals surface area contributed by atoms with E-state index in [9.17, 15) is 18.0 Å². The zero-order chi connectivity index (χ0) is 22.0. The number of carbonyl (C=O) groups is 2. The van der Waals surface area contributed by atoms with Crippen LogP contribution < -0.4 is 15.6 Å². The Kier molecular flexibility index (Phi) is 5.49. The number of nitrogens with one attached hydrogen (secondary N) is 3. The molecule has 0 fully saturated rings. The highest BCUT2D eigenvalue weighted by Gasteiger charge is 2.21. The van der Waals surface area contributed by atoms with E-state index in [-0.39, 0.29) is 21.0 Å². The SMILES string of the molecule is Cc1occc1C(=O)NNC(=O)c1cc2ccccc2cc1NS(=O)(=O)c1cccs1. The highest BCUT2D eigenvalue weighted by atomic mass is 32.2. The molecule has 0 aliphatic heterocycles. The first-order chi connectivity index (χ1) is 14.8. The zero-order valence-electron chi connectivity index (χ0n) is 16.2. The number of furan rings is 1. The first-order valence-electron chi connectivity index (χ1n) is 9.09. The average molecular weight is 456 g/mol. The number of benzene rings is 2. The van der Waals surface area contributed by atoms with Gasteiger partial charge < -0.3 is 4.42 Å². The molecule has 0 saturated carbocycles. The van der Waals surface area contributed by atoms with E-state index in [1.165, 1.54) is 18.4 Å². The summed E-state index contributed by atoms with van der Waals surface area (Å²) in [5.41, 5.74) is 5.07. The Bertz CT molecular complexity index is 1380. The molecule has 2 aromatic carbocycles. The van der Waals surface area contributed by atoms with Crippen molar-refractivity contribution in [3.63, 3.8) is 0 Å². The third-order valence-corrected chi connectivity index (χ3v) is 7.29. The van der Waals surface area contributed by atoms with Gasteiger partial charge in [0, 0.05) is 0 Å². The number of thiophene rings is 1. The normalized spacial score (nSPS) is 11.3. The van der Waals surface area contributed by atoms with Crippen molar-refractivity contribution in [2.45, 2.75) is 11.1 Å². The van der Waals surface area contributed by atoms with Crippen LogP contribution >= 0.6 is 11.3 Å². The molecule has 0 saturated heterocycles. The predicted octanol–water partition coefficient (Wildman–Crippen LogP) is 3.68. The van der Waals surface area contributed by atoms with E-state index in [4.69, 9.17) is 4.42 Å². The molecule has 0 radical (unpaired) electrons. The minimum atomic E-state index is -3.88.